The summed E-state index contributed by atoms with van der Waals surface area (Å²) in [6.45, 7) is 0.935. The third-order valence-corrected chi connectivity index (χ3v) is 7.36. The second-order valence-corrected chi connectivity index (χ2v) is 10.4. The molecular weight excluding hydrogens is 558 g/mol. The van der Waals surface area contributed by atoms with Crippen molar-refractivity contribution in [2.75, 3.05) is 38.8 Å². The van der Waals surface area contributed by atoms with Crippen molar-refractivity contribution in [1.29, 1.82) is 0 Å². The number of rotatable bonds is 20. The highest BCUT2D eigenvalue weighted by molar-refractivity contribution is 7.98. The molecular formula is C25H35N7O6S2. The van der Waals surface area contributed by atoms with Gasteiger partial charge < -0.3 is 25.8 Å². The minimum atomic E-state index is -0.700. The van der Waals surface area contributed by atoms with Crippen LogP contribution in [0, 0.1) is 20.2 Å². The van der Waals surface area contributed by atoms with Crippen molar-refractivity contribution >= 4 is 23.5 Å². The number of aromatic nitrogens is 2. The first kappa shape index (κ1) is 32.7. The monoisotopic (exact) mass is 593 g/mol. The molecule has 0 aliphatic rings. The van der Waals surface area contributed by atoms with E-state index in [0.717, 1.165) is 23.8 Å². The molecule has 40 heavy (non-hydrogen) atoms. The minimum absolute atomic E-state index is 0.256. The number of hydrogen-bond donors (Lipinski definition) is 3. The lowest BCUT2D eigenvalue weighted by molar-refractivity contribution is -0.404. The van der Waals surface area contributed by atoms with Crippen LogP contribution in [0.2, 0.25) is 0 Å². The summed E-state index contributed by atoms with van der Waals surface area (Å²) in [5.74, 6) is 4.01. The number of pyridine rings is 2. The zero-order valence-electron chi connectivity index (χ0n) is 22.5. The highest BCUT2D eigenvalue weighted by atomic mass is 32.2. The van der Waals surface area contributed by atoms with Gasteiger partial charge in [-0.15, -0.1) is 0 Å². The molecule has 1 atom stereocenters. The zero-order chi connectivity index (χ0) is 29.2. The maximum absolute atomic E-state index is 11.2. The summed E-state index contributed by atoms with van der Waals surface area (Å²) in [7, 11) is 3.18. The second kappa shape index (κ2) is 18.7. The Morgan fingerprint density at radius 2 is 1.48 bits per heavy atom. The second-order valence-electron chi connectivity index (χ2n) is 8.22. The number of ether oxygens (including phenoxy) is 2. The van der Waals surface area contributed by atoms with Crippen LogP contribution >= 0.6 is 23.5 Å². The molecule has 0 radical (unpaired) electrons. The van der Waals surface area contributed by atoms with Crippen LogP contribution in [0.15, 0.2) is 60.5 Å². The number of nitrogens with zero attached hydrogens (tertiary/aromatic N) is 4. The molecule has 2 aromatic heterocycles. The van der Waals surface area contributed by atoms with E-state index in [0.29, 0.717) is 53.3 Å². The van der Waals surface area contributed by atoms with Crippen molar-refractivity contribution in [2.24, 2.45) is 5.73 Å². The van der Waals surface area contributed by atoms with Crippen molar-refractivity contribution in [1.82, 2.24) is 20.6 Å². The van der Waals surface area contributed by atoms with Gasteiger partial charge >= 0.3 is 0 Å². The molecule has 0 spiro atoms. The molecule has 0 aromatic carbocycles. The normalized spacial score (nSPS) is 12.5. The average molecular weight is 594 g/mol. The average Bonchev–Trinajstić information content (AvgIpc) is 2.94. The number of nitrogens with two attached hydrogens (primary N) is 1. The predicted octanol–water partition coefficient (Wildman–Crippen LogP) is 3.18. The third kappa shape index (κ3) is 12.5. The highest BCUT2D eigenvalue weighted by Gasteiger charge is 2.15. The van der Waals surface area contributed by atoms with E-state index in [2.05, 4.69) is 20.6 Å². The predicted molar refractivity (Wildman–Crippen MR) is 157 cm³/mol. The summed E-state index contributed by atoms with van der Waals surface area (Å²) < 4.78 is 10.6. The molecule has 0 aliphatic heterocycles. The molecule has 15 heteroatoms. The van der Waals surface area contributed by atoms with E-state index < -0.39 is 15.9 Å². The Hall–Kier alpha value is -3.56. The topological polar surface area (TPSA) is 181 Å². The molecule has 4 N–H and O–H groups in total. The third-order valence-electron chi connectivity index (χ3n) is 5.42. The summed E-state index contributed by atoms with van der Waals surface area (Å²) in [4.78, 5) is 29.8. The van der Waals surface area contributed by atoms with Crippen LogP contribution in [0.25, 0.3) is 0 Å². The molecule has 0 amide bonds. The van der Waals surface area contributed by atoms with Crippen molar-refractivity contribution in [3.05, 3.63) is 92.1 Å². The number of nitrogens with one attached hydrogen (secondary N) is 2. The molecule has 218 valence electrons. The number of thioether (sulfide) groups is 2. The Bertz CT molecular complexity index is 1150. The van der Waals surface area contributed by atoms with Gasteiger partial charge in [-0.05, 0) is 37.1 Å². The molecule has 1 unspecified atom stereocenters. The van der Waals surface area contributed by atoms with Crippen LogP contribution in [0.3, 0.4) is 0 Å². The molecule has 0 saturated carbocycles. The number of hydrogen-bond acceptors (Lipinski definition) is 13. The van der Waals surface area contributed by atoms with Gasteiger partial charge in [-0.3, -0.25) is 30.2 Å². The van der Waals surface area contributed by atoms with E-state index in [1.165, 1.54) is 0 Å². The van der Waals surface area contributed by atoms with Crippen molar-refractivity contribution < 1.29 is 19.3 Å². The van der Waals surface area contributed by atoms with Gasteiger partial charge in [0.05, 0.1) is 52.9 Å². The van der Waals surface area contributed by atoms with E-state index >= 15 is 0 Å². The summed E-state index contributed by atoms with van der Waals surface area (Å²) in [6.07, 6.45) is 5.69. The minimum Gasteiger partial charge on any atom is -0.495 e. The highest BCUT2D eigenvalue weighted by Crippen LogP contribution is 2.21. The lowest BCUT2D eigenvalue weighted by atomic mass is 10.1. The zero-order valence-corrected chi connectivity index (χ0v) is 24.1. The number of nitro groups is 2. The first-order chi connectivity index (χ1) is 19.3. The smallest absolute Gasteiger partial charge is 0.254 e. The Morgan fingerprint density at radius 1 is 0.950 bits per heavy atom. The van der Waals surface area contributed by atoms with Crippen LogP contribution in [0.4, 0.5) is 0 Å². The molecule has 0 bridgehead atoms. The van der Waals surface area contributed by atoms with Gasteiger partial charge in [-0.2, -0.15) is 23.5 Å². The fraction of sp³-hybridized carbons (Fsp3) is 0.440. The summed E-state index contributed by atoms with van der Waals surface area (Å²) in [5.41, 5.74) is 8.55. The molecule has 2 rings (SSSR count). The molecule has 2 aromatic rings. The van der Waals surface area contributed by atoms with E-state index in [4.69, 9.17) is 15.2 Å². The first-order valence-corrected chi connectivity index (χ1v) is 14.7. The van der Waals surface area contributed by atoms with Crippen molar-refractivity contribution in [3.8, 4) is 11.5 Å². The van der Waals surface area contributed by atoms with Crippen molar-refractivity contribution in [3.63, 3.8) is 0 Å². The first-order valence-electron chi connectivity index (χ1n) is 12.4. The van der Waals surface area contributed by atoms with E-state index in [9.17, 15) is 20.2 Å². The van der Waals surface area contributed by atoms with Crippen molar-refractivity contribution in [2.45, 2.75) is 30.4 Å². The molecule has 0 fully saturated rings. The summed E-state index contributed by atoms with van der Waals surface area (Å²) >= 11 is 3.21. The number of allylic oxidation sites excluding steroid dienone is 1. The Balaban J connectivity index is 1.80. The quantitative estimate of drug-likeness (QED) is 0.116. The molecule has 2 heterocycles. The fourth-order valence-electron chi connectivity index (χ4n) is 3.50. The Morgan fingerprint density at radius 3 is 1.98 bits per heavy atom. The van der Waals surface area contributed by atoms with E-state index in [1.807, 2.05) is 12.1 Å². The van der Waals surface area contributed by atoms with Crippen LogP contribution in [-0.2, 0) is 11.5 Å². The Labute approximate surface area is 241 Å². The SMILES string of the molecule is COc1cccnc1CSCCNC(=C[N+](=O)[O-])CCC(N)C(=C[N+](=O)[O-])NCCSCc1ncccc1OC. The number of methoxy groups -OCH3 is 2. The summed E-state index contributed by atoms with van der Waals surface area (Å²) in [5, 5.41) is 28.4. The molecule has 0 saturated heterocycles. The van der Waals surface area contributed by atoms with Gasteiger partial charge in [0.15, 0.2) is 0 Å². The van der Waals surface area contributed by atoms with Gasteiger partial charge in [0.1, 0.15) is 11.5 Å². The van der Waals surface area contributed by atoms with Gasteiger partial charge in [0.2, 0.25) is 0 Å². The summed E-state index contributed by atoms with van der Waals surface area (Å²) in [6, 6.07) is 6.59. The fourth-order valence-corrected chi connectivity index (χ4v) is 5.10. The van der Waals surface area contributed by atoms with Gasteiger partial charge in [-0.25, -0.2) is 0 Å². The standard InChI is InChI=1S/C25H35N7O6S2/c1-37-24-5-3-9-28-22(24)17-39-13-11-27-19(15-31(33)34)7-8-20(26)21(16-32(35)36)30-12-14-40-18-23-25(38-2)6-4-10-29-23/h3-6,9-10,15-16,20,27,30H,7-8,11-14,17-18,26H2,1-2H3. The maximum Gasteiger partial charge on any atom is 0.254 e. The van der Waals surface area contributed by atoms with Crippen LogP contribution < -0.4 is 25.8 Å². The van der Waals surface area contributed by atoms with E-state index in [-0.39, 0.29) is 18.5 Å². The molecule has 0 aliphatic carbocycles. The maximum atomic E-state index is 11.2. The largest absolute Gasteiger partial charge is 0.495 e. The van der Waals surface area contributed by atoms with Crippen LogP contribution in [0.1, 0.15) is 24.2 Å². The van der Waals surface area contributed by atoms with Gasteiger partial charge in [-0.1, -0.05) is 0 Å². The van der Waals surface area contributed by atoms with Crippen LogP contribution in [-0.4, -0.2) is 64.7 Å². The lowest BCUT2D eigenvalue weighted by Gasteiger charge is -2.17. The van der Waals surface area contributed by atoms with Gasteiger partial charge in [0, 0.05) is 48.5 Å². The van der Waals surface area contributed by atoms with Gasteiger partial charge in [0.25, 0.3) is 12.4 Å². The van der Waals surface area contributed by atoms with Crippen LogP contribution in [0.5, 0.6) is 11.5 Å². The molecule has 13 nitrogen and oxygen atoms in total. The lowest BCUT2D eigenvalue weighted by Crippen LogP contribution is -2.34. The Kier molecular flexibility index (Phi) is 15.2. The van der Waals surface area contributed by atoms with E-state index in [1.54, 1.807) is 62.3 Å².